The van der Waals surface area contributed by atoms with Crippen LogP contribution in [0.4, 0.5) is 0 Å². The van der Waals surface area contributed by atoms with E-state index in [1.807, 2.05) is 0 Å². The molecule has 0 heterocycles. The highest BCUT2D eigenvalue weighted by Gasteiger charge is 2.21. The summed E-state index contributed by atoms with van der Waals surface area (Å²) in [6.07, 6.45) is 2.10. The van der Waals surface area contributed by atoms with Crippen molar-refractivity contribution in [2.24, 2.45) is 0 Å². The van der Waals surface area contributed by atoms with Crippen molar-refractivity contribution in [3.8, 4) is 5.75 Å². The number of ether oxygens (including phenoxy) is 2. The number of amides is 1. The van der Waals surface area contributed by atoms with Gasteiger partial charge in [0.05, 0.1) is 13.2 Å². The first-order valence-electron chi connectivity index (χ1n) is 7.21. The Kier molecular flexibility index (Phi) is 7.19. The van der Waals surface area contributed by atoms with Crippen molar-refractivity contribution in [1.82, 2.24) is 5.32 Å². The third kappa shape index (κ3) is 6.60. The van der Waals surface area contributed by atoms with E-state index in [1.165, 1.54) is 7.11 Å². The Balaban J connectivity index is 2.47. The normalized spacial score (nSPS) is 13.5. The molecule has 5 nitrogen and oxygen atoms in total. The maximum atomic E-state index is 12.0. The number of rotatable bonds is 9. The Labute approximate surface area is 126 Å². The van der Waals surface area contributed by atoms with Gasteiger partial charge in [-0.2, -0.15) is 0 Å². The van der Waals surface area contributed by atoms with Crippen LogP contribution in [0.1, 0.15) is 37.0 Å². The molecule has 2 N–H and O–H groups in total. The predicted molar refractivity (Wildman–Crippen MR) is 81.7 cm³/mol. The van der Waals surface area contributed by atoms with Gasteiger partial charge >= 0.3 is 0 Å². The standard InChI is InChI=1S/C16H25NO4/c1-4-5-10-21-14-8-6-13(7-9-14)15(18)17-11-16(2,19)12-20-3/h6-9,19H,4-5,10-12H2,1-3H3,(H,17,18). The van der Waals surface area contributed by atoms with E-state index < -0.39 is 5.60 Å². The molecule has 0 saturated heterocycles. The molecule has 118 valence electrons. The van der Waals surface area contributed by atoms with E-state index in [4.69, 9.17) is 9.47 Å². The lowest BCUT2D eigenvalue weighted by Gasteiger charge is -2.22. The number of benzene rings is 1. The van der Waals surface area contributed by atoms with E-state index in [-0.39, 0.29) is 19.1 Å². The van der Waals surface area contributed by atoms with Crippen molar-refractivity contribution in [3.05, 3.63) is 29.8 Å². The molecule has 1 unspecified atom stereocenters. The van der Waals surface area contributed by atoms with E-state index in [0.29, 0.717) is 12.2 Å². The summed E-state index contributed by atoms with van der Waals surface area (Å²) in [5.41, 5.74) is -0.542. The lowest BCUT2D eigenvalue weighted by atomic mass is 10.1. The highest BCUT2D eigenvalue weighted by molar-refractivity contribution is 5.94. The minimum atomic E-state index is -1.08. The molecule has 0 spiro atoms. The predicted octanol–water partition coefficient (Wildman–Crippen LogP) is 1.99. The quantitative estimate of drug-likeness (QED) is 0.684. The first kappa shape index (κ1) is 17.5. The van der Waals surface area contributed by atoms with E-state index in [0.717, 1.165) is 18.6 Å². The Morgan fingerprint density at radius 1 is 1.33 bits per heavy atom. The minimum absolute atomic E-state index is 0.133. The van der Waals surface area contributed by atoms with Crippen LogP contribution in [0.25, 0.3) is 0 Å². The smallest absolute Gasteiger partial charge is 0.251 e. The summed E-state index contributed by atoms with van der Waals surface area (Å²) in [5.74, 6) is 0.526. The molecule has 0 fully saturated rings. The largest absolute Gasteiger partial charge is 0.494 e. The Hall–Kier alpha value is -1.59. The fourth-order valence-corrected chi connectivity index (χ4v) is 1.77. The van der Waals surface area contributed by atoms with Crippen LogP contribution in [0.2, 0.25) is 0 Å². The van der Waals surface area contributed by atoms with Crippen molar-refractivity contribution in [1.29, 1.82) is 0 Å². The number of nitrogens with one attached hydrogen (secondary N) is 1. The highest BCUT2D eigenvalue weighted by atomic mass is 16.5. The van der Waals surface area contributed by atoms with Gasteiger partial charge in [0, 0.05) is 19.2 Å². The zero-order valence-electron chi connectivity index (χ0n) is 13.0. The van der Waals surface area contributed by atoms with E-state index in [1.54, 1.807) is 31.2 Å². The molecule has 0 aliphatic carbocycles. The van der Waals surface area contributed by atoms with Gasteiger partial charge in [0.1, 0.15) is 11.4 Å². The molecule has 0 saturated carbocycles. The molecule has 1 rings (SSSR count). The topological polar surface area (TPSA) is 67.8 Å². The van der Waals surface area contributed by atoms with Gasteiger partial charge in [0.15, 0.2) is 0 Å². The van der Waals surface area contributed by atoms with Gasteiger partial charge < -0.3 is 19.9 Å². The van der Waals surface area contributed by atoms with Gasteiger partial charge in [0.2, 0.25) is 0 Å². The average molecular weight is 295 g/mol. The van der Waals surface area contributed by atoms with Gasteiger partial charge in [-0.05, 0) is 37.6 Å². The van der Waals surface area contributed by atoms with Crippen LogP contribution in [-0.2, 0) is 4.74 Å². The van der Waals surface area contributed by atoms with E-state index >= 15 is 0 Å². The summed E-state index contributed by atoms with van der Waals surface area (Å²) in [4.78, 5) is 12.0. The summed E-state index contributed by atoms with van der Waals surface area (Å²) >= 11 is 0. The van der Waals surface area contributed by atoms with Gasteiger partial charge in [0.25, 0.3) is 5.91 Å². The van der Waals surface area contributed by atoms with Crippen molar-refractivity contribution >= 4 is 5.91 Å². The second-order valence-electron chi connectivity index (χ2n) is 5.34. The van der Waals surface area contributed by atoms with Gasteiger partial charge in [-0.25, -0.2) is 0 Å². The number of hydrogen-bond donors (Lipinski definition) is 2. The zero-order valence-corrected chi connectivity index (χ0v) is 13.0. The van der Waals surface area contributed by atoms with E-state index in [2.05, 4.69) is 12.2 Å². The molecule has 0 aliphatic heterocycles. The molecule has 0 aromatic heterocycles. The molecular formula is C16H25NO4. The second-order valence-corrected chi connectivity index (χ2v) is 5.34. The minimum Gasteiger partial charge on any atom is -0.494 e. The Morgan fingerprint density at radius 2 is 2.00 bits per heavy atom. The van der Waals surface area contributed by atoms with Crippen LogP contribution in [0.15, 0.2) is 24.3 Å². The molecule has 5 heteroatoms. The lowest BCUT2D eigenvalue weighted by Crippen LogP contribution is -2.43. The number of carbonyl (C=O) groups excluding carboxylic acids is 1. The maximum absolute atomic E-state index is 12.0. The molecule has 1 aromatic rings. The first-order chi connectivity index (χ1) is 9.98. The number of methoxy groups -OCH3 is 1. The zero-order chi connectivity index (χ0) is 15.7. The first-order valence-corrected chi connectivity index (χ1v) is 7.21. The summed E-state index contributed by atoms with van der Waals surface area (Å²) in [5, 5.41) is 12.6. The summed E-state index contributed by atoms with van der Waals surface area (Å²) < 4.78 is 10.4. The third-order valence-corrected chi connectivity index (χ3v) is 2.97. The van der Waals surface area contributed by atoms with Crippen LogP contribution < -0.4 is 10.1 Å². The van der Waals surface area contributed by atoms with Crippen molar-refractivity contribution in [2.75, 3.05) is 26.9 Å². The summed E-state index contributed by atoms with van der Waals surface area (Å²) in [6.45, 7) is 4.70. The number of carbonyl (C=O) groups is 1. The molecule has 0 radical (unpaired) electrons. The molecular weight excluding hydrogens is 270 g/mol. The van der Waals surface area contributed by atoms with Gasteiger partial charge in [-0.1, -0.05) is 13.3 Å². The molecule has 0 aliphatic rings. The SMILES string of the molecule is CCCCOc1ccc(C(=O)NCC(C)(O)COC)cc1. The Morgan fingerprint density at radius 3 is 2.57 bits per heavy atom. The lowest BCUT2D eigenvalue weighted by molar-refractivity contribution is -0.0147. The van der Waals surface area contributed by atoms with Crippen LogP contribution in [0, 0.1) is 0 Å². The summed E-state index contributed by atoms with van der Waals surface area (Å²) in [6, 6.07) is 6.97. The van der Waals surface area contributed by atoms with Crippen LogP contribution in [0.5, 0.6) is 5.75 Å². The third-order valence-electron chi connectivity index (χ3n) is 2.97. The van der Waals surface area contributed by atoms with Crippen LogP contribution >= 0.6 is 0 Å². The van der Waals surface area contributed by atoms with Crippen molar-refractivity contribution in [2.45, 2.75) is 32.3 Å². The number of aliphatic hydroxyl groups is 1. The summed E-state index contributed by atoms with van der Waals surface area (Å²) in [7, 11) is 1.51. The van der Waals surface area contributed by atoms with Crippen molar-refractivity contribution in [3.63, 3.8) is 0 Å². The highest BCUT2D eigenvalue weighted by Crippen LogP contribution is 2.13. The number of hydrogen-bond acceptors (Lipinski definition) is 4. The van der Waals surface area contributed by atoms with Crippen molar-refractivity contribution < 1.29 is 19.4 Å². The van der Waals surface area contributed by atoms with Gasteiger partial charge in [-0.3, -0.25) is 4.79 Å². The van der Waals surface area contributed by atoms with Crippen LogP contribution in [0.3, 0.4) is 0 Å². The molecule has 0 bridgehead atoms. The van der Waals surface area contributed by atoms with Crippen LogP contribution in [-0.4, -0.2) is 43.5 Å². The van der Waals surface area contributed by atoms with Gasteiger partial charge in [-0.15, -0.1) is 0 Å². The molecule has 21 heavy (non-hydrogen) atoms. The Bertz CT molecular complexity index is 428. The monoisotopic (exact) mass is 295 g/mol. The fraction of sp³-hybridized carbons (Fsp3) is 0.562. The second kappa shape index (κ2) is 8.64. The molecule has 1 atom stereocenters. The molecule has 1 aromatic carbocycles. The van der Waals surface area contributed by atoms with E-state index in [9.17, 15) is 9.90 Å². The fourth-order valence-electron chi connectivity index (χ4n) is 1.77. The molecule has 1 amide bonds. The average Bonchev–Trinajstić information content (AvgIpc) is 2.46. The number of unbranched alkanes of at least 4 members (excludes halogenated alkanes) is 1. The maximum Gasteiger partial charge on any atom is 0.251 e.